The number of rotatable bonds is 6. The fraction of sp³-hybridized carbons (Fsp3) is 0.357. The Bertz CT molecular complexity index is 1440. The molecule has 0 saturated carbocycles. The number of nitrogens with zero attached hydrogens (tertiary/aromatic N) is 6. The van der Waals surface area contributed by atoms with Gasteiger partial charge in [0.05, 0.1) is 11.4 Å². The summed E-state index contributed by atoms with van der Waals surface area (Å²) in [5.41, 5.74) is 11.7. The molecule has 0 bridgehead atoms. The molecular weight excluding hydrogens is 481 g/mol. The number of anilines is 4. The van der Waals surface area contributed by atoms with E-state index in [4.69, 9.17) is 5.73 Å². The van der Waals surface area contributed by atoms with E-state index in [1.54, 1.807) is 6.07 Å². The van der Waals surface area contributed by atoms with E-state index < -0.39 is 0 Å². The van der Waals surface area contributed by atoms with E-state index in [0.717, 1.165) is 68.6 Å². The van der Waals surface area contributed by atoms with Crippen LogP contribution in [0.3, 0.4) is 0 Å². The molecule has 0 spiro atoms. The van der Waals surface area contributed by atoms with Crippen LogP contribution >= 0.6 is 0 Å². The number of nitrogens with two attached hydrogens (primary N) is 1. The summed E-state index contributed by atoms with van der Waals surface area (Å²) in [5.74, 6) is 1.22. The van der Waals surface area contributed by atoms with Crippen LogP contribution in [-0.2, 0) is 12.8 Å². The summed E-state index contributed by atoms with van der Waals surface area (Å²) >= 11 is 0. The Labute approximate surface area is 221 Å². The molecule has 0 atom stereocenters. The number of benzene rings is 2. The number of fused-ring (bicyclic) bond motifs is 3. The third-order valence-corrected chi connectivity index (χ3v) is 7.48. The molecule has 9 nitrogen and oxygen atoms in total. The molecule has 6 rings (SSSR count). The highest BCUT2D eigenvalue weighted by Gasteiger charge is 2.20. The zero-order chi connectivity index (χ0) is 26.1. The van der Waals surface area contributed by atoms with Gasteiger partial charge in [0.1, 0.15) is 5.82 Å². The van der Waals surface area contributed by atoms with Gasteiger partial charge in [0.25, 0.3) is 0 Å². The SMILES string of the molecule is CN(CC1CCNCC1)c1ccc(Nc2nc(N)n(-c3cc4c(nn3)-c3ccccc3CCC4)n2)cc1F. The van der Waals surface area contributed by atoms with Gasteiger partial charge in [-0.15, -0.1) is 15.3 Å². The van der Waals surface area contributed by atoms with E-state index in [9.17, 15) is 0 Å². The minimum atomic E-state index is -0.296. The highest BCUT2D eigenvalue weighted by molar-refractivity contribution is 5.68. The van der Waals surface area contributed by atoms with Gasteiger partial charge < -0.3 is 21.3 Å². The van der Waals surface area contributed by atoms with Gasteiger partial charge >= 0.3 is 0 Å². The maximum Gasteiger partial charge on any atom is 0.248 e. The van der Waals surface area contributed by atoms with Crippen molar-refractivity contribution in [2.45, 2.75) is 32.1 Å². The lowest BCUT2D eigenvalue weighted by molar-refractivity contribution is 0.377. The molecular formula is C28H32FN9. The number of hydrogen-bond donors (Lipinski definition) is 3. The molecule has 0 amide bonds. The van der Waals surface area contributed by atoms with Crippen molar-refractivity contribution in [3.63, 3.8) is 0 Å². The van der Waals surface area contributed by atoms with Crippen LogP contribution in [0.5, 0.6) is 0 Å². The van der Waals surface area contributed by atoms with Crippen molar-refractivity contribution in [1.29, 1.82) is 0 Å². The van der Waals surface area contributed by atoms with E-state index >= 15 is 4.39 Å². The number of nitrogens with one attached hydrogen (secondary N) is 2. The predicted molar refractivity (Wildman–Crippen MR) is 147 cm³/mol. The van der Waals surface area contributed by atoms with Gasteiger partial charge in [-0.25, -0.2) is 4.39 Å². The number of hydrogen-bond acceptors (Lipinski definition) is 8. The molecule has 4 aromatic rings. The van der Waals surface area contributed by atoms with Gasteiger partial charge in [0.2, 0.25) is 11.9 Å². The molecule has 38 heavy (non-hydrogen) atoms. The van der Waals surface area contributed by atoms with Crippen LogP contribution in [0, 0.1) is 11.7 Å². The molecule has 1 saturated heterocycles. The van der Waals surface area contributed by atoms with Gasteiger partial charge in [-0.3, -0.25) is 0 Å². The molecule has 2 aromatic heterocycles. The molecule has 1 aliphatic heterocycles. The summed E-state index contributed by atoms with van der Waals surface area (Å²) in [7, 11) is 1.94. The Morgan fingerprint density at radius 1 is 1.08 bits per heavy atom. The average molecular weight is 514 g/mol. The standard InChI is InChI=1S/C28H32FN9/c1-37(17-18-11-13-31-14-12-18)24-10-9-21(16-23(24)29)32-28-33-27(30)38(36-28)25-15-20-7-4-6-19-5-2-3-8-22(19)26(20)35-34-25/h2-3,5,8-10,15-16,18,31H,4,6-7,11-14,17H2,1H3,(H3,30,32,33,36). The molecule has 2 aliphatic rings. The van der Waals surface area contributed by atoms with Crippen molar-refractivity contribution in [3.8, 4) is 17.1 Å². The van der Waals surface area contributed by atoms with Gasteiger partial charge in [0.15, 0.2) is 5.82 Å². The first kappa shape index (κ1) is 24.3. The molecule has 2 aromatic carbocycles. The van der Waals surface area contributed by atoms with Crippen molar-refractivity contribution in [2.24, 2.45) is 5.92 Å². The predicted octanol–water partition coefficient (Wildman–Crippen LogP) is 4.11. The lowest BCUT2D eigenvalue weighted by atomic mass is 9.97. The molecule has 196 valence electrons. The van der Waals surface area contributed by atoms with Crippen LogP contribution in [-0.4, -0.2) is 51.6 Å². The minimum Gasteiger partial charge on any atom is -0.372 e. The van der Waals surface area contributed by atoms with Gasteiger partial charge in [-0.2, -0.15) is 9.67 Å². The second-order valence-electron chi connectivity index (χ2n) is 10.2. The summed E-state index contributed by atoms with van der Waals surface area (Å²) in [6.45, 7) is 2.89. The third kappa shape index (κ3) is 4.91. The maximum atomic E-state index is 15.0. The van der Waals surface area contributed by atoms with Crippen LogP contribution in [0.4, 0.5) is 27.7 Å². The molecule has 1 fully saturated rings. The quantitative estimate of drug-likeness (QED) is 0.353. The summed E-state index contributed by atoms with van der Waals surface area (Å²) < 4.78 is 16.5. The monoisotopic (exact) mass is 513 g/mol. The van der Waals surface area contributed by atoms with Crippen LogP contribution in [0.25, 0.3) is 17.1 Å². The van der Waals surface area contributed by atoms with Gasteiger partial charge in [0, 0.05) is 24.8 Å². The first-order valence-electron chi connectivity index (χ1n) is 13.2. The van der Waals surface area contributed by atoms with E-state index in [1.807, 2.05) is 30.1 Å². The van der Waals surface area contributed by atoms with Crippen molar-refractivity contribution in [3.05, 3.63) is 65.5 Å². The summed E-state index contributed by atoms with van der Waals surface area (Å²) in [6.07, 6.45) is 5.16. The van der Waals surface area contributed by atoms with Crippen molar-refractivity contribution >= 4 is 23.3 Å². The Morgan fingerprint density at radius 2 is 1.89 bits per heavy atom. The zero-order valence-corrected chi connectivity index (χ0v) is 21.5. The minimum absolute atomic E-state index is 0.176. The topological polar surface area (TPSA) is 110 Å². The van der Waals surface area contributed by atoms with Crippen molar-refractivity contribution in [2.75, 3.05) is 42.6 Å². The Balaban J connectivity index is 1.19. The van der Waals surface area contributed by atoms with Crippen LogP contribution < -0.4 is 21.3 Å². The number of halogens is 1. The van der Waals surface area contributed by atoms with Crippen molar-refractivity contribution < 1.29 is 4.39 Å². The Morgan fingerprint density at radius 3 is 2.74 bits per heavy atom. The lowest BCUT2D eigenvalue weighted by Crippen LogP contribution is -2.34. The zero-order valence-electron chi connectivity index (χ0n) is 21.5. The van der Waals surface area contributed by atoms with Crippen LogP contribution in [0.1, 0.15) is 30.4 Å². The third-order valence-electron chi connectivity index (χ3n) is 7.48. The average Bonchev–Trinajstić information content (AvgIpc) is 3.18. The lowest BCUT2D eigenvalue weighted by Gasteiger charge is -2.29. The number of aryl methyl sites for hydroxylation is 2. The van der Waals surface area contributed by atoms with E-state index in [-0.39, 0.29) is 17.7 Å². The molecule has 3 heterocycles. The van der Waals surface area contributed by atoms with E-state index in [0.29, 0.717) is 23.1 Å². The normalized spacial score (nSPS) is 15.4. The Kier molecular flexibility index (Phi) is 6.63. The van der Waals surface area contributed by atoms with Gasteiger partial charge in [-0.1, -0.05) is 24.3 Å². The summed E-state index contributed by atoms with van der Waals surface area (Å²) in [5, 5.41) is 19.9. The summed E-state index contributed by atoms with van der Waals surface area (Å²) in [4.78, 5) is 6.32. The second kappa shape index (κ2) is 10.4. The number of nitrogen functional groups attached to an aromatic ring is 1. The summed E-state index contributed by atoms with van der Waals surface area (Å²) in [6, 6.07) is 15.4. The smallest absolute Gasteiger partial charge is 0.248 e. The maximum absolute atomic E-state index is 15.0. The molecule has 10 heteroatoms. The van der Waals surface area contributed by atoms with Gasteiger partial charge in [-0.05, 0) is 86.5 Å². The molecule has 0 unspecified atom stereocenters. The van der Waals surface area contributed by atoms with Crippen LogP contribution in [0.15, 0.2) is 48.5 Å². The highest BCUT2D eigenvalue weighted by Crippen LogP contribution is 2.31. The van der Waals surface area contributed by atoms with E-state index in [2.05, 4.69) is 49.1 Å². The van der Waals surface area contributed by atoms with Crippen LogP contribution in [0.2, 0.25) is 0 Å². The largest absolute Gasteiger partial charge is 0.372 e. The number of aromatic nitrogens is 5. The highest BCUT2D eigenvalue weighted by atomic mass is 19.1. The Hall–Kier alpha value is -4.05. The van der Waals surface area contributed by atoms with E-state index in [1.165, 1.54) is 16.3 Å². The number of piperidine rings is 1. The molecule has 1 aliphatic carbocycles. The fourth-order valence-electron chi connectivity index (χ4n) is 5.50. The fourth-order valence-corrected chi connectivity index (χ4v) is 5.50. The first-order valence-corrected chi connectivity index (χ1v) is 13.2. The van der Waals surface area contributed by atoms with Crippen molar-refractivity contribution in [1.82, 2.24) is 30.3 Å². The molecule has 0 radical (unpaired) electrons. The second-order valence-corrected chi connectivity index (χ2v) is 10.2. The molecule has 4 N–H and O–H groups in total. The first-order chi connectivity index (χ1) is 18.5.